The van der Waals surface area contributed by atoms with E-state index in [-0.39, 0.29) is 6.10 Å². The Morgan fingerprint density at radius 3 is 2.77 bits per heavy atom. The lowest BCUT2D eigenvalue weighted by Gasteiger charge is -2.24. The summed E-state index contributed by atoms with van der Waals surface area (Å²) in [4.78, 5) is 0. The number of hydrogen-bond donors (Lipinski definition) is 2. The fourth-order valence-corrected chi connectivity index (χ4v) is 2.66. The Labute approximate surface area is 135 Å². The summed E-state index contributed by atoms with van der Waals surface area (Å²) in [6.45, 7) is 7.02. The van der Waals surface area contributed by atoms with Crippen LogP contribution in [0.3, 0.4) is 0 Å². The van der Waals surface area contributed by atoms with Gasteiger partial charge in [-0.25, -0.2) is 0 Å². The van der Waals surface area contributed by atoms with Gasteiger partial charge < -0.3 is 19.9 Å². The molecule has 0 aromatic heterocycles. The molecule has 2 unspecified atom stereocenters. The molecular weight excluding hydrogens is 278 g/mol. The van der Waals surface area contributed by atoms with Gasteiger partial charge in [0.15, 0.2) is 0 Å². The van der Waals surface area contributed by atoms with Crippen LogP contribution in [0, 0.1) is 5.92 Å². The summed E-state index contributed by atoms with van der Waals surface area (Å²) in [6.07, 6.45) is 9.11. The molecule has 0 aliphatic heterocycles. The van der Waals surface area contributed by atoms with Gasteiger partial charge in [0.25, 0.3) is 0 Å². The SMILES string of the molecule is CC(C)NCC(O)COC1CC=C(CCOCC2CC2)CC1. The lowest BCUT2D eigenvalue weighted by atomic mass is 9.95. The molecule has 0 aromatic carbocycles. The molecule has 0 bridgehead atoms. The Bertz CT molecular complexity index is 339. The van der Waals surface area contributed by atoms with Crippen LogP contribution in [0.5, 0.6) is 0 Å². The van der Waals surface area contributed by atoms with E-state index in [0.717, 1.165) is 44.8 Å². The third kappa shape index (κ3) is 7.73. The Kier molecular flexibility index (Phi) is 7.87. The summed E-state index contributed by atoms with van der Waals surface area (Å²) in [5, 5.41) is 13.1. The summed E-state index contributed by atoms with van der Waals surface area (Å²) in [7, 11) is 0. The minimum Gasteiger partial charge on any atom is -0.389 e. The van der Waals surface area contributed by atoms with Gasteiger partial charge >= 0.3 is 0 Å². The molecule has 2 aliphatic rings. The highest BCUT2D eigenvalue weighted by Gasteiger charge is 2.21. The monoisotopic (exact) mass is 311 g/mol. The van der Waals surface area contributed by atoms with Crippen molar-refractivity contribution in [2.75, 3.05) is 26.4 Å². The molecule has 0 aromatic rings. The Morgan fingerprint density at radius 2 is 2.14 bits per heavy atom. The van der Waals surface area contributed by atoms with Crippen LogP contribution in [0.25, 0.3) is 0 Å². The Hall–Kier alpha value is -0.420. The second kappa shape index (κ2) is 9.66. The van der Waals surface area contributed by atoms with Gasteiger partial charge in [-0.05, 0) is 44.4 Å². The quantitative estimate of drug-likeness (QED) is 0.455. The Balaban J connectivity index is 1.51. The van der Waals surface area contributed by atoms with E-state index in [9.17, 15) is 5.11 Å². The minimum atomic E-state index is -0.413. The summed E-state index contributed by atoms with van der Waals surface area (Å²) in [5.41, 5.74) is 1.51. The maximum absolute atomic E-state index is 9.85. The van der Waals surface area contributed by atoms with Crippen LogP contribution in [0.15, 0.2) is 11.6 Å². The molecule has 2 rings (SSSR count). The molecule has 0 saturated heterocycles. The highest BCUT2D eigenvalue weighted by molar-refractivity contribution is 5.07. The number of aliphatic hydroxyl groups is 1. The molecule has 0 amide bonds. The van der Waals surface area contributed by atoms with E-state index in [4.69, 9.17) is 9.47 Å². The molecular formula is C18H33NO3. The van der Waals surface area contributed by atoms with Crippen LogP contribution in [0.1, 0.15) is 52.4 Å². The highest BCUT2D eigenvalue weighted by Crippen LogP contribution is 2.29. The summed E-state index contributed by atoms with van der Waals surface area (Å²) < 4.78 is 11.5. The smallest absolute Gasteiger partial charge is 0.0897 e. The number of hydrogen-bond acceptors (Lipinski definition) is 4. The molecule has 22 heavy (non-hydrogen) atoms. The first kappa shape index (κ1) is 17.9. The lowest BCUT2D eigenvalue weighted by Crippen LogP contribution is -2.35. The van der Waals surface area contributed by atoms with E-state index in [2.05, 4.69) is 25.2 Å². The third-order valence-corrected chi connectivity index (χ3v) is 4.36. The van der Waals surface area contributed by atoms with Crippen LogP contribution in [0.2, 0.25) is 0 Å². The molecule has 2 N–H and O–H groups in total. The van der Waals surface area contributed by atoms with Crippen molar-refractivity contribution < 1.29 is 14.6 Å². The molecule has 2 atom stereocenters. The van der Waals surface area contributed by atoms with E-state index in [0.29, 0.717) is 19.2 Å². The number of rotatable bonds is 11. The van der Waals surface area contributed by atoms with Gasteiger partial charge in [0.05, 0.1) is 25.4 Å². The van der Waals surface area contributed by atoms with Crippen LogP contribution in [-0.2, 0) is 9.47 Å². The summed E-state index contributed by atoms with van der Waals surface area (Å²) in [6, 6.07) is 0.400. The third-order valence-electron chi connectivity index (χ3n) is 4.36. The van der Waals surface area contributed by atoms with Gasteiger partial charge in [0.1, 0.15) is 0 Å². The normalized spacial score (nSPS) is 23.6. The first-order valence-corrected chi connectivity index (χ1v) is 8.92. The van der Waals surface area contributed by atoms with Gasteiger partial charge in [-0.3, -0.25) is 0 Å². The maximum Gasteiger partial charge on any atom is 0.0897 e. The molecule has 1 saturated carbocycles. The van der Waals surface area contributed by atoms with E-state index in [1.807, 2.05) is 0 Å². The molecule has 0 radical (unpaired) electrons. The fraction of sp³-hybridized carbons (Fsp3) is 0.889. The van der Waals surface area contributed by atoms with Crippen molar-refractivity contribution in [2.24, 2.45) is 5.92 Å². The first-order chi connectivity index (χ1) is 10.6. The van der Waals surface area contributed by atoms with Gasteiger partial charge in [-0.2, -0.15) is 0 Å². The largest absolute Gasteiger partial charge is 0.389 e. The van der Waals surface area contributed by atoms with Crippen LogP contribution >= 0.6 is 0 Å². The van der Waals surface area contributed by atoms with E-state index in [1.165, 1.54) is 18.4 Å². The molecule has 128 valence electrons. The van der Waals surface area contributed by atoms with Gasteiger partial charge in [0, 0.05) is 19.2 Å². The second-order valence-corrected chi connectivity index (χ2v) is 7.08. The second-order valence-electron chi connectivity index (χ2n) is 7.08. The van der Waals surface area contributed by atoms with E-state index in [1.54, 1.807) is 0 Å². The zero-order chi connectivity index (χ0) is 15.8. The van der Waals surface area contributed by atoms with Crippen LogP contribution in [0.4, 0.5) is 0 Å². The molecule has 0 spiro atoms. The zero-order valence-electron chi connectivity index (χ0n) is 14.2. The Morgan fingerprint density at radius 1 is 1.32 bits per heavy atom. The van der Waals surface area contributed by atoms with E-state index >= 15 is 0 Å². The number of ether oxygens (including phenoxy) is 2. The summed E-state index contributed by atoms with van der Waals surface area (Å²) >= 11 is 0. The minimum absolute atomic E-state index is 0.268. The van der Waals surface area contributed by atoms with Crippen molar-refractivity contribution in [1.29, 1.82) is 0 Å². The first-order valence-electron chi connectivity index (χ1n) is 8.92. The summed E-state index contributed by atoms with van der Waals surface area (Å²) in [5.74, 6) is 0.856. The van der Waals surface area contributed by atoms with Crippen LogP contribution < -0.4 is 5.32 Å². The van der Waals surface area contributed by atoms with Crippen molar-refractivity contribution in [1.82, 2.24) is 5.32 Å². The number of aliphatic hydroxyl groups excluding tert-OH is 1. The number of nitrogens with one attached hydrogen (secondary N) is 1. The molecule has 4 nitrogen and oxygen atoms in total. The zero-order valence-corrected chi connectivity index (χ0v) is 14.2. The average Bonchev–Trinajstić information content (AvgIpc) is 3.33. The van der Waals surface area contributed by atoms with Gasteiger partial charge in [-0.1, -0.05) is 25.5 Å². The predicted molar refractivity (Wildman–Crippen MR) is 89.0 cm³/mol. The molecule has 1 fully saturated rings. The lowest BCUT2D eigenvalue weighted by molar-refractivity contribution is -0.0130. The van der Waals surface area contributed by atoms with Gasteiger partial charge in [0.2, 0.25) is 0 Å². The van der Waals surface area contributed by atoms with Crippen molar-refractivity contribution in [2.45, 2.75) is 70.6 Å². The highest BCUT2D eigenvalue weighted by atomic mass is 16.5. The molecule has 2 aliphatic carbocycles. The van der Waals surface area contributed by atoms with Crippen LogP contribution in [-0.4, -0.2) is 49.7 Å². The van der Waals surface area contributed by atoms with Gasteiger partial charge in [-0.15, -0.1) is 0 Å². The maximum atomic E-state index is 9.85. The van der Waals surface area contributed by atoms with Crippen molar-refractivity contribution in [3.05, 3.63) is 11.6 Å². The van der Waals surface area contributed by atoms with Crippen molar-refractivity contribution in [3.8, 4) is 0 Å². The predicted octanol–water partition coefficient (Wildman–Crippen LogP) is 2.66. The molecule has 4 heteroatoms. The fourth-order valence-electron chi connectivity index (χ4n) is 2.66. The van der Waals surface area contributed by atoms with Crippen molar-refractivity contribution in [3.63, 3.8) is 0 Å². The standard InChI is InChI=1S/C18H33NO3/c1-14(2)19-11-17(20)13-22-18-7-5-15(6-8-18)9-10-21-12-16-3-4-16/h5,14,16-20H,3-4,6-13H2,1-2H3. The average molecular weight is 311 g/mol. The topological polar surface area (TPSA) is 50.7 Å². The van der Waals surface area contributed by atoms with E-state index < -0.39 is 6.10 Å². The molecule has 0 heterocycles. The van der Waals surface area contributed by atoms with Crippen molar-refractivity contribution >= 4 is 0 Å².